The molecule has 33 heavy (non-hydrogen) atoms. The number of nitro groups is 1. The highest BCUT2D eigenvalue weighted by atomic mass is 19.1. The summed E-state index contributed by atoms with van der Waals surface area (Å²) in [4.78, 5) is 48.0. The summed E-state index contributed by atoms with van der Waals surface area (Å²) in [6.45, 7) is 0.255. The molecule has 3 rings (SSSR count). The predicted molar refractivity (Wildman–Crippen MR) is 106 cm³/mol. The van der Waals surface area contributed by atoms with Crippen LogP contribution in [0.4, 0.5) is 14.9 Å². The fourth-order valence-corrected chi connectivity index (χ4v) is 3.36. The Hall–Kier alpha value is -3.62. The lowest BCUT2D eigenvalue weighted by atomic mass is 10.1. The van der Waals surface area contributed by atoms with Crippen LogP contribution >= 0.6 is 0 Å². The van der Waals surface area contributed by atoms with Crippen molar-refractivity contribution in [2.45, 2.75) is 37.9 Å². The molecule has 1 aromatic carbocycles. The van der Waals surface area contributed by atoms with Crippen molar-refractivity contribution >= 4 is 11.8 Å². The van der Waals surface area contributed by atoms with Crippen molar-refractivity contribution in [1.29, 1.82) is 0 Å². The number of carbonyl (C=O) groups excluding carboxylic acids is 1. The minimum absolute atomic E-state index is 0.150. The summed E-state index contributed by atoms with van der Waals surface area (Å²) in [5.41, 5.74) is -2.11. The van der Waals surface area contributed by atoms with Crippen LogP contribution in [0.1, 0.15) is 17.4 Å². The lowest BCUT2D eigenvalue weighted by Crippen LogP contribution is -2.40. The number of ether oxygens (including phenoxy) is 3. The van der Waals surface area contributed by atoms with Gasteiger partial charge >= 0.3 is 11.8 Å². The molecule has 1 aliphatic rings. The number of hydrogen-bond donors (Lipinski definition) is 3. The highest BCUT2D eigenvalue weighted by Gasteiger charge is 2.47. The van der Waals surface area contributed by atoms with Crippen molar-refractivity contribution in [1.82, 2.24) is 9.55 Å². The van der Waals surface area contributed by atoms with E-state index >= 15 is 0 Å². The van der Waals surface area contributed by atoms with E-state index in [0.29, 0.717) is 0 Å². The van der Waals surface area contributed by atoms with Gasteiger partial charge in [-0.1, -0.05) is 6.07 Å². The maximum absolute atomic E-state index is 13.9. The van der Waals surface area contributed by atoms with Gasteiger partial charge in [0, 0.05) is 24.2 Å². The SMILES string of the molecule is Cc1cn([C@@H]2O[C@H](CO)C(OC(=O)OCCc3c(F)cccc3[N+](=O)[O-])C2O)c(=O)[nH]c1=O. The van der Waals surface area contributed by atoms with Gasteiger partial charge in [0.15, 0.2) is 12.3 Å². The summed E-state index contributed by atoms with van der Waals surface area (Å²) in [6, 6.07) is 3.31. The summed E-state index contributed by atoms with van der Waals surface area (Å²) in [7, 11) is 0. The number of aliphatic hydroxyl groups excluding tert-OH is 2. The Bertz CT molecular complexity index is 1160. The zero-order valence-corrected chi connectivity index (χ0v) is 17.2. The van der Waals surface area contributed by atoms with E-state index in [4.69, 9.17) is 14.2 Å². The second-order valence-corrected chi connectivity index (χ2v) is 7.14. The average molecular weight is 469 g/mol. The van der Waals surface area contributed by atoms with Crippen LogP contribution in [0.15, 0.2) is 34.0 Å². The van der Waals surface area contributed by atoms with E-state index in [1.165, 1.54) is 13.0 Å². The number of aryl methyl sites for hydroxylation is 1. The third-order valence-corrected chi connectivity index (χ3v) is 5.00. The van der Waals surface area contributed by atoms with Crippen LogP contribution in [-0.2, 0) is 20.6 Å². The van der Waals surface area contributed by atoms with E-state index in [2.05, 4.69) is 0 Å². The van der Waals surface area contributed by atoms with E-state index in [0.717, 1.165) is 22.9 Å². The molecule has 1 aromatic heterocycles. The molecule has 4 atom stereocenters. The van der Waals surface area contributed by atoms with Gasteiger partial charge in [-0.25, -0.2) is 14.0 Å². The van der Waals surface area contributed by atoms with E-state index in [9.17, 15) is 39.1 Å². The Morgan fingerprint density at radius 2 is 2.12 bits per heavy atom. The van der Waals surface area contributed by atoms with E-state index in [1.807, 2.05) is 4.98 Å². The molecule has 0 spiro atoms. The lowest BCUT2D eigenvalue weighted by Gasteiger charge is -2.19. The van der Waals surface area contributed by atoms with Crippen LogP contribution in [0.5, 0.6) is 0 Å². The monoisotopic (exact) mass is 469 g/mol. The molecule has 14 heteroatoms. The molecule has 0 amide bonds. The van der Waals surface area contributed by atoms with Crippen molar-refractivity contribution in [2.75, 3.05) is 13.2 Å². The first-order chi connectivity index (χ1) is 15.6. The zero-order chi connectivity index (χ0) is 24.3. The van der Waals surface area contributed by atoms with Gasteiger partial charge in [0.2, 0.25) is 0 Å². The summed E-state index contributed by atoms with van der Waals surface area (Å²) in [5, 5.41) is 31.1. The summed E-state index contributed by atoms with van der Waals surface area (Å²) >= 11 is 0. The summed E-state index contributed by atoms with van der Waals surface area (Å²) in [6.07, 6.45) is -6.18. The molecular formula is C19H20FN3O10. The summed E-state index contributed by atoms with van der Waals surface area (Å²) in [5.74, 6) is -0.842. The molecule has 2 unspecified atom stereocenters. The number of rotatable bonds is 7. The number of aromatic nitrogens is 2. The molecule has 1 fully saturated rings. The average Bonchev–Trinajstić information content (AvgIpc) is 3.06. The largest absolute Gasteiger partial charge is 0.508 e. The minimum Gasteiger partial charge on any atom is -0.434 e. The molecule has 178 valence electrons. The number of nitro benzene ring substituents is 1. The van der Waals surface area contributed by atoms with Gasteiger partial charge in [0.05, 0.1) is 23.7 Å². The Labute approximate surface area is 184 Å². The number of aliphatic hydroxyl groups is 2. The smallest absolute Gasteiger partial charge is 0.434 e. The standard InChI is InChI=1S/C19H20FN3O10/c1-9-7-22(18(27)21-16(9)26)17-14(25)15(13(8-24)32-17)33-19(28)31-6-5-10-11(20)3-2-4-12(10)23(29)30/h2-4,7,13-15,17,24-25H,5-6,8H2,1H3,(H,21,26,27)/t13-,14?,15?,17-/m1/s1. The number of nitrogens with one attached hydrogen (secondary N) is 1. The fourth-order valence-electron chi connectivity index (χ4n) is 3.36. The maximum Gasteiger partial charge on any atom is 0.508 e. The molecule has 0 aliphatic carbocycles. The zero-order valence-electron chi connectivity index (χ0n) is 17.2. The number of halogens is 1. The van der Waals surface area contributed by atoms with Crippen LogP contribution in [0.3, 0.4) is 0 Å². The van der Waals surface area contributed by atoms with Crippen LogP contribution in [-0.4, -0.2) is 62.4 Å². The number of benzene rings is 1. The third-order valence-electron chi connectivity index (χ3n) is 5.00. The van der Waals surface area contributed by atoms with Gasteiger partial charge in [-0.2, -0.15) is 0 Å². The van der Waals surface area contributed by atoms with Crippen LogP contribution in [0.25, 0.3) is 0 Å². The minimum atomic E-state index is -1.62. The van der Waals surface area contributed by atoms with Crippen LogP contribution in [0, 0.1) is 22.9 Å². The third kappa shape index (κ3) is 5.08. The molecular weight excluding hydrogens is 449 g/mol. The van der Waals surface area contributed by atoms with Crippen molar-refractivity contribution in [2.24, 2.45) is 0 Å². The predicted octanol–water partition coefficient (Wildman–Crippen LogP) is -0.0926. The van der Waals surface area contributed by atoms with Crippen molar-refractivity contribution in [3.05, 3.63) is 72.3 Å². The summed E-state index contributed by atoms with van der Waals surface area (Å²) < 4.78 is 30.0. The van der Waals surface area contributed by atoms with E-state index in [-0.39, 0.29) is 17.5 Å². The maximum atomic E-state index is 13.9. The van der Waals surface area contributed by atoms with Crippen LogP contribution < -0.4 is 11.2 Å². The van der Waals surface area contributed by atoms with Gasteiger partial charge in [-0.15, -0.1) is 0 Å². The number of H-pyrrole nitrogens is 1. The number of hydrogen-bond acceptors (Lipinski definition) is 10. The topological polar surface area (TPSA) is 183 Å². The molecule has 2 heterocycles. The van der Waals surface area contributed by atoms with E-state index < -0.39 is 71.6 Å². The normalized spacial score (nSPS) is 22.2. The van der Waals surface area contributed by atoms with Gasteiger partial charge in [0.25, 0.3) is 11.2 Å². The molecule has 0 bridgehead atoms. The molecule has 0 radical (unpaired) electrons. The quantitative estimate of drug-likeness (QED) is 0.281. The second-order valence-electron chi connectivity index (χ2n) is 7.14. The molecule has 1 saturated heterocycles. The van der Waals surface area contributed by atoms with Gasteiger partial charge in [0.1, 0.15) is 18.0 Å². The van der Waals surface area contributed by atoms with Crippen LogP contribution in [0.2, 0.25) is 0 Å². The second kappa shape index (κ2) is 9.89. The molecule has 1 aliphatic heterocycles. The Morgan fingerprint density at radius 3 is 2.79 bits per heavy atom. The number of carbonyl (C=O) groups is 1. The van der Waals surface area contributed by atoms with Crippen molar-refractivity contribution in [3.8, 4) is 0 Å². The number of nitrogens with zero attached hydrogens (tertiary/aromatic N) is 2. The van der Waals surface area contributed by atoms with Gasteiger partial charge in [-0.3, -0.25) is 24.5 Å². The molecule has 2 aromatic rings. The molecule has 13 nitrogen and oxygen atoms in total. The molecule has 0 saturated carbocycles. The highest BCUT2D eigenvalue weighted by molar-refractivity contribution is 5.60. The Kier molecular flexibility index (Phi) is 7.20. The fraction of sp³-hybridized carbons (Fsp3) is 0.421. The Balaban J connectivity index is 1.66. The number of aromatic amines is 1. The van der Waals surface area contributed by atoms with Gasteiger partial charge < -0.3 is 24.4 Å². The highest BCUT2D eigenvalue weighted by Crippen LogP contribution is 2.30. The Morgan fingerprint density at radius 1 is 1.39 bits per heavy atom. The first-order valence-corrected chi connectivity index (χ1v) is 9.65. The van der Waals surface area contributed by atoms with E-state index in [1.54, 1.807) is 0 Å². The first kappa shape index (κ1) is 24.0. The lowest BCUT2D eigenvalue weighted by molar-refractivity contribution is -0.385. The first-order valence-electron chi connectivity index (χ1n) is 9.65. The van der Waals surface area contributed by atoms with Crippen molar-refractivity contribution in [3.63, 3.8) is 0 Å². The van der Waals surface area contributed by atoms with Crippen molar-refractivity contribution < 1.29 is 38.5 Å². The molecule has 3 N–H and O–H groups in total. The van der Waals surface area contributed by atoms with Gasteiger partial charge in [-0.05, 0) is 13.0 Å².